The molecule has 0 saturated heterocycles. The summed E-state index contributed by atoms with van der Waals surface area (Å²) in [7, 11) is 3.51. The Labute approximate surface area is 189 Å². The van der Waals surface area contributed by atoms with Crippen molar-refractivity contribution in [3.63, 3.8) is 0 Å². The van der Waals surface area contributed by atoms with Crippen molar-refractivity contribution < 1.29 is 9.47 Å². The molecule has 160 valence electrons. The van der Waals surface area contributed by atoms with Gasteiger partial charge in [0.15, 0.2) is 11.5 Å². The molecule has 0 bridgehead atoms. The summed E-state index contributed by atoms with van der Waals surface area (Å²) < 4.78 is 14.5. The molecule has 0 radical (unpaired) electrons. The number of hydrogen-bond donors (Lipinski definition) is 1. The van der Waals surface area contributed by atoms with Gasteiger partial charge in [-0.25, -0.2) is 4.68 Å². The average molecular weight is 492 g/mol. The monoisotopic (exact) mass is 491 g/mol. The van der Waals surface area contributed by atoms with E-state index in [4.69, 9.17) is 9.47 Å². The lowest BCUT2D eigenvalue weighted by Gasteiger charge is -2.18. The van der Waals surface area contributed by atoms with Gasteiger partial charge in [0.2, 0.25) is 5.16 Å². The lowest BCUT2D eigenvalue weighted by molar-refractivity contribution is 0.280. The van der Waals surface area contributed by atoms with E-state index in [9.17, 15) is 0 Å². The smallest absolute Gasteiger partial charge is 0.209 e. The first-order chi connectivity index (χ1) is 14.6. The molecule has 0 amide bonds. The Kier molecular flexibility index (Phi) is 8.53. The fourth-order valence-corrected chi connectivity index (χ4v) is 4.15. The molecule has 0 aliphatic heterocycles. The number of hydrogen-bond acceptors (Lipinski definition) is 7. The Bertz CT molecular complexity index is 966. The fourth-order valence-electron chi connectivity index (χ4n) is 2.91. The molecular weight excluding hydrogens is 466 g/mol. The van der Waals surface area contributed by atoms with Gasteiger partial charge in [-0.15, -0.1) is 5.10 Å². The van der Waals surface area contributed by atoms with E-state index in [0.717, 1.165) is 51.0 Å². The van der Waals surface area contributed by atoms with E-state index in [-0.39, 0.29) is 0 Å². The highest BCUT2D eigenvalue weighted by Gasteiger charge is 2.15. The normalized spacial score (nSPS) is 10.9. The third-order valence-corrected chi connectivity index (χ3v) is 6.47. The molecule has 1 aromatic heterocycles. The molecule has 3 aromatic rings. The third-order valence-electron chi connectivity index (χ3n) is 4.63. The minimum absolute atomic E-state index is 0.495. The van der Waals surface area contributed by atoms with Gasteiger partial charge in [-0.1, -0.05) is 52.0 Å². The zero-order valence-electron chi connectivity index (χ0n) is 17.4. The molecule has 1 heterocycles. The summed E-state index contributed by atoms with van der Waals surface area (Å²) in [6.07, 6.45) is 0.999. The van der Waals surface area contributed by atoms with Gasteiger partial charge in [-0.05, 0) is 53.6 Å². The van der Waals surface area contributed by atoms with E-state index < -0.39 is 0 Å². The number of aryl methyl sites for hydroxylation is 2. The Morgan fingerprint density at radius 2 is 2.03 bits per heavy atom. The van der Waals surface area contributed by atoms with Crippen molar-refractivity contribution in [2.24, 2.45) is 7.05 Å². The van der Waals surface area contributed by atoms with Crippen molar-refractivity contribution in [3.05, 3.63) is 57.6 Å². The molecule has 7 nitrogen and oxygen atoms in total. The first kappa shape index (κ1) is 22.6. The van der Waals surface area contributed by atoms with Crippen molar-refractivity contribution in [2.75, 3.05) is 19.4 Å². The highest BCUT2D eigenvalue weighted by atomic mass is 79.9. The van der Waals surface area contributed by atoms with Crippen molar-refractivity contribution in [1.29, 1.82) is 0 Å². The van der Waals surface area contributed by atoms with Crippen LogP contribution < -0.4 is 14.8 Å². The van der Waals surface area contributed by atoms with Gasteiger partial charge in [-0.2, -0.15) is 0 Å². The van der Waals surface area contributed by atoms with E-state index in [1.807, 2.05) is 31.3 Å². The van der Waals surface area contributed by atoms with Crippen LogP contribution in [-0.4, -0.2) is 39.6 Å². The second kappa shape index (κ2) is 11.3. The van der Waals surface area contributed by atoms with Gasteiger partial charge >= 0.3 is 0 Å². The van der Waals surface area contributed by atoms with Crippen LogP contribution in [0.2, 0.25) is 0 Å². The highest BCUT2D eigenvalue weighted by molar-refractivity contribution is 9.10. The van der Waals surface area contributed by atoms with Crippen LogP contribution in [0.5, 0.6) is 11.5 Å². The van der Waals surface area contributed by atoms with E-state index in [2.05, 4.69) is 55.8 Å². The molecule has 0 aliphatic carbocycles. The first-order valence-corrected chi connectivity index (χ1v) is 11.5. The second-order valence-electron chi connectivity index (χ2n) is 6.74. The number of benzene rings is 2. The topological polar surface area (TPSA) is 74.1 Å². The zero-order valence-corrected chi connectivity index (χ0v) is 19.8. The van der Waals surface area contributed by atoms with Crippen molar-refractivity contribution in [3.8, 4) is 11.5 Å². The van der Waals surface area contributed by atoms with Crippen LogP contribution in [0.25, 0.3) is 0 Å². The van der Waals surface area contributed by atoms with Gasteiger partial charge in [0.1, 0.15) is 6.61 Å². The number of ether oxygens (including phenoxy) is 2. The molecule has 0 atom stereocenters. The number of aromatic nitrogens is 4. The number of methoxy groups -OCH3 is 1. The van der Waals surface area contributed by atoms with Crippen molar-refractivity contribution in [2.45, 2.75) is 31.7 Å². The van der Waals surface area contributed by atoms with Crippen LogP contribution in [-0.2, 0) is 20.2 Å². The summed E-state index contributed by atoms with van der Waals surface area (Å²) >= 11 is 5.32. The number of nitrogens with one attached hydrogen (secondary N) is 1. The van der Waals surface area contributed by atoms with Gasteiger partial charge in [0.05, 0.1) is 7.11 Å². The molecule has 0 saturated carbocycles. The highest BCUT2D eigenvalue weighted by Crippen LogP contribution is 2.37. The summed E-state index contributed by atoms with van der Waals surface area (Å²) in [6, 6.07) is 12.2. The minimum atomic E-state index is 0.495. The van der Waals surface area contributed by atoms with Crippen molar-refractivity contribution >= 4 is 27.7 Å². The summed E-state index contributed by atoms with van der Waals surface area (Å²) in [5, 5.41) is 15.8. The molecule has 0 fully saturated rings. The summed E-state index contributed by atoms with van der Waals surface area (Å²) in [4.78, 5) is 0. The lowest BCUT2D eigenvalue weighted by Crippen LogP contribution is -2.17. The van der Waals surface area contributed by atoms with E-state index >= 15 is 0 Å². The quantitative estimate of drug-likeness (QED) is 0.319. The Morgan fingerprint density at radius 1 is 1.20 bits per heavy atom. The number of thioether (sulfide) groups is 1. The molecule has 30 heavy (non-hydrogen) atoms. The molecule has 1 N–H and O–H groups in total. The average Bonchev–Trinajstić information content (AvgIpc) is 3.16. The predicted molar refractivity (Wildman–Crippen MR) is 122 cm³/mol. The second-order valence-corrected chi connectivity index (χ2v) is 8.65. The van der Waals surface area contributed by atoms with Gasteiger partial charge in [0.25, 0.3) is 0 Å². The number of tetrazole rings is 1. The zero-order chi connectivity index (χ0) is 21.3. The van der Waals surface area contributed by atoms with E-state index in [1.54, 1.807) is 23.6 Å². The van der Waals surface area contributed by atoms with Gasteiger partial charge in [-0.3, -0.25) is 0 Å². The predicted octanol–water partition coefficient (Wildman–Crippen LogP) is 4.14. The van der Waals surface area contributed by atoms with Crippen LogP contribution in [0.1, 0.15) is 23.1 Å². The minimum Gasteiger partial charge on any atom is -0.493 e. The van der Waals surface area contributed by atoms with Crippen LogP contribution in [0.3, 0.4) is 0 Å². The van der Waals surface area contributed by atoms with E-state index in [1.165, 1.54) is 5.56 Å². The summed E-state index contributed by atoms with van der Waals surface area (Å²) in [5.74, 6) is 2.44. The Morgan fingerprint density at radius 3 is 2.77 bits per heavy atom. The molecule has 2 aromatic carbocycles. The Balaban J connectivity index is 1.58. The number of nitrogens with zero attached hydrogens (tertiary/aromatic N) is 4. The van der Waals surface area contributed by atoms with Crippen LogP contribution in [0, 0.1) is 6.92 Å². The molecule has 0 spiro atoms. The van der Waals surface area contributed by atoms with Crippen LogP contribution in [0.4, 0.5) is 0 Å². The first-order valence-electron chi connectivity index (χ1n) is 9.68. The summed E-state index contributed by atoms with van der Waals surface area (Å²) in [6.45, 7) is 4.14. The largest absolute Gasteiger partial charge is 0.493 e. The molecular formula is C21H26BrN5O2S. The number of rotatable bonds is 11. The van der Waals surface area contributed by atoms with Gasteiger partial charge in [0, 0.05) is 29.4 Å². The standard InChI is InChI=1S/C21H26BrN5O2S/c1-15-7-4-5-8-16(15)14-29-20-17(18(22)9-10-19(20)28-3)13-23-11-6-12-30-21-24-25-26-27(21)2/h4-5,7-10,23H,6,11-14H2,1-3H3. The van der Waals surface area contributed by atoms with Crippen molar-refractivity contribution in [1.82, 2.24) is 25.5 Å². The fraction of sp³-hybridized carbons (Fsp3) is 0.381. The Hall–Kier alpha value is -2.10. The number of halogens is 1. The molecule has 9 heteroatoms. The maximum atomic E-state index is 6.22. The third kappa shape index (κ3) is 5.96. The SMILES string of the molecule is COc1ccc(Br)c(CNCCCSc2nnnn2C)c1OCc1ccccc1C. The molecule has 0 unspecified atom stereocenters. The van der Waals surface area contributed by atoms with E-state index in [0.29, 0.717) is 13.2 Å². The maximum absolute atomic E-state index is 6.22. The summed E-state index contributed by atoms with van der Waals surface area (Å²) in [5.41, 5.74) is 3.42. The van der Waals surface area contributed by atoms with Crippen LogP contribution in [0.15, 0.2) is 46.0 Å². The molecule has 3 rings (SSSR count). The molecule has 0 aliphatic rings. The van der Waals surface area contributed by atoms with Gasteiger partial charge < -0.3 is 14.8 Å². The maximum Gasteiger partial charge on any atom is 0.209 e. The lowest BCUT2D eigenvalue weighted by atomic mass is 10.1. The van der Waals surface area contributed by atoms with Crippen LogP contribution >= 0.6 is 27.7 Å².